The van der Waals surface area contributed by atoms with Crippen LogP contribution in [0.1, 0.15) is 25.7 Å². The molecule has 4 nitrogen and oxygen atoms in total. The van der Waals surface area contributed by atoms with Crippen LogP contribution in [-0.4, -0.2) is 37.6 Å². The minimum atomic E-state index is -0.00431. The zero-order valence-corrected chi connectivity index (χ0v) is 9.12. The van der Waals surface area contributed by atoms with Crippen LogP contribution in [0.2, 0.25) is 0 Å². The minimum absolute atomic E-state index is 0.00431. The summed E-state index contributed by atoms with van der Waals surface area (Å²) in [7, 11) is 3.52. The standard InChI is InChI=1S/C10H21N3O/c1-12-10(14)13(2)9-6-4-3-5-8(9)7-11/h8-9H,3-7,11H2,1-2H3,(H,12,14). The summed E-state index contributed by atoms with van der Waals surface area (Å²) in [4.78, 5) is 13.2. The molecule has 1 saturated carbocycles. The van der Waals surface area contributed by atoms with E-state index < -0.39 is 0 Å². The molecule has 2 unspecified atom stereocenters. The number of hydrogen-bond donors (Lipinski definition) is 2. The Morgan fingerprint density at radius 3 is 2.71 bits per heavy atom. The van der Waals surface area contributed by atoms with Crippen molar-refractivity contribution in [1.82, 2.24) is 10.2 Å². The molecule has 2 atom stereocenters. The van der Waals surface area contributed by atoms with Gasteiger partial charge in [0, 0.05) is 20.1 Å². The largest absolute Gasteiger partial charge is 0.341 e. The number of rotatable bonds is 2. The van der Waals surface area contributed by atoms with Gasteiger partial charge in [0.1, 0.15) is 0 Å². The van der Waals surface area contributed by atoms with Gasteiger partial charge in [0.15, 0.2) is 0 Å². The van der Waals surface area contributed by atoms with E-state index in [-0.39, 0.29) is 6.03 Å². The molecule has 0 radical (unpaired) electrons. The Balaban J connectivity index is 2.58. The SMILES string of the molecule is CNC(=O)N(C)C1CCCCC1CN. The molecular formula is C10H21N3O. The number of nitrogens with zero attached hydrogens (tertiary/aromatic N) is 1. The van der Waals surface area contributed by atoms with Crippen molar-refractivity contribution in [2.24, 2.45) is 11.7 Å². The summed E-state index contributed by atoms with van der Waals surface area (Å²) in [5, 5.41) is 2.65. The van der Waals surface area contributed by atoms with Crippen LogP contribution in [0.5, 0.6) is 0 Å². The molecular weight excluding hydrogens is 178 g/mol. The van der Waals surface area contributed by atoms with Gasteiger partial charge in [-0.05, 0) is 25.3 Å². The summed E-state index contributed by atoms with van der Waals surface area (Å²) in [6.45, 7) is 0.687. The van der Waals surface area contributed by atoms with Gasteiger partial charge in [-0.2, -0.15) is 0 Å². The highest BCUT2D eigenvalue weighted by molar-refractivity contribution is 5.73. The molecule has 1 aliphatic rings. The molecule has 3 N–H and O–H groups in total. The Bertz CT molecular complexity index is 196. The van der Waals surface area contributed by atoms with E-state index in [4.69, 9.17) is 5.73 Å². The van der Waals surface area contributed by atoms with Crippen LogP contribution < -0.4 is 11.1 Å². The van der Waals surface area contributed by atoms with Crippen molar-refractivity contribution < 1.29 is 4.79 Å². The number of nitrogens with one attached hydrogen (secondary N) is 1. The zero-order chi connectivity index (χ0) is 10.6. The van der Waals surface area contributed by atoms with Gasteiger partial charge < -0.3 is 16.0 Å². The lowest BCUT2D eigenvalue weighted by Gasteiger charge is -2.37. The number of hydrogen-bond acceptors (Lipinski definition) is 2. The van der Waals surface area contributed by atoms with Gasteiger partial charge in [-0.3, -0.25) is 0 Å². The van der Waals surface area contributed by atoms with E-state index in [0.29, 0.717) is 18.5 Å². The van der Waals surface area contributed by atoms with Crippen LogP contribution >= 0.6 is 0 Å². The van der Waals surface area contributed by atoms with Crippen LogP contribution in [0.15, 0.2) is 0 Å². The lowest BCUT2D eigenvalue weighted by Crippen LogP contribution is -2.48. The molecule has 14 heavy (non-hydrogen) atoms. The van der Waals surface area contributed by atoms with Gasteiger partial charge in [-0.25, -0.2) is 4.79 Å². The Morgan fingerprint density at radius 2 is 2.14 bits per heavy atom. The van der Waals surface area contributed by atoms with Gasteiger partial charge in [0.2, 0.25) is 0 Å². The average Bonchev–Trinajstić information content (AvgIpc) is 2.26. The fraction of sp³-hybridized carbons (Fsp3) is 0.900. The summed E-state index contributed by atoms with van der Waals surface area (Å²) in [6, 6.07) is 0.323. The molecule has 1 rings (SSSR count). The fourth-order valence-corrected chi connectivity index (χ4v) is 2.30. The molecule has 0 heterocycles. The van der Waals surface area contributed by atoms with Crippen molar-refractivity contribution in [1.29, 1.82) is 0 Å². The molecule has 2 amide bonds. The topological polar surface area (TPSA) is 58.4 Å². The molecule has 4 heteroatoms. The second-order valence-electron chi connectivity index (χ2n) is 4.01. The van der Waals surface area contributed by atoms with Gasteiger partial charge >= 0.3 is 6.03 Å². The van der Waals surface area contributed by atoms with E-state index in [1.54, 1.807) is 11.9 Å². The maximum atomic E-state index is 11.4. The number of nitrogens with two attached hydrogens (primary N) is 1. The van der Waals surface area contributed by atoms with Gasteiger partial charge in [0.25, 0.3) is 0 Å². The number of carbonyl (C=O) groups excluding carboxylic acids is 1. The van der Waals surface area contributed by atoms with Crippen LogP contribution in [-0.2, 0) is 0 Å². The van der Waals surface area contributed by atoms with Crippen molar-refractivity contribution in [2.45, 2.75) is 31.7 Å². The van der Waals surface area contributed by atoms with E-state index in [1.807, 2.05) is 7.05 Å². The van der Waals surface area contributed by atoms with E-state index in [9.17, 15) is 4.79 Å². The third-order valence-electron chi connectivity index (χ3n) is 3.20. The first-order valence-corrected chi connectivity index (χ1v) is 5.35. The predicted octanol–water partition coefficient (Wildman–Crippen LogP) is 0.775. The Kier molecular flexibility index (Phi) is 4.20. The van der Waals surface area contributed by atoms with Gasteiger partial charge in [-0.15, -0.1) is 0 Å². The summed E-state index contributed by atoms with van der Waals surface area (Å²) < 4.78 is 0. The van der Waals surface area contributed by atoms with Crippen LogP contribution in [0.3, 0.4) is 0 Å². The lowest BCUT2D eigenvalue weighted by molar-refractivity contribution is 0.142. The molecule has 0 bridgehead atoms. The highest BCUT2D eigenvalue weighted by Crippen LogP contribution is 2.26. The Morgan fingerprint density at radius 1 is 1.50 bits per heavy atom. The maximum absolute atomic E-state index is 11.4. The Hall–Kier alpha value is -0.770. The van der Waals surface area contributed by atoms with Crippen LogP contribution in [0.4, 0.5) is 4.79 Å². The van der Waals surface area contributed by atoms with E-state index in [0.717, 1.165) is 12.8 Å². The van der Waals surface area contributed by atoms with Gasteiger partial charge in [-0.1, -0.05) is 12.8 Å². The first-order chi connectivity index (χ1) is 6.70. The smallest absolute Gasteiger partial charge is 0.317 e. The van der Waals surface area contributed by atoms with Crippen molar-refractivity contribution >= 4 is 6.03 Å². The van der Waals surface area contributed by atoms with Crippen LogP contribution in [0, 0.1) is 5.92 Å². The summed E-state index contributed by atoms with van der Waals surface area (Å²) >= 11 is 0. The summed E-state index contributed by atoms with van der Waals surface area (Å²) in [5.74, 6) is 0.478. The van der Waals surface area contributed by atoms with E-state index in [1.165, 1.54) is 12.8 Å². The summed E-state index contributed by atoms with van der Waals surface area (Å²) in [5.41, 5.74) is 5.71. The minimum Gasteiger partial charge on any atom is -0.341 e. The number of amides is 2. The van der Waals surface area contributed by atoms with Crippen LogP contribution in [0.25, 0.3) is 0 Å². The summed E-state index contributed by atoms with van der Waals surface area (Å²) in [6.07, 6.45) is 4.71. The number of urea groups is 1. The van der Waals surface area contributed by atoms with E-state index in [2.05, 4.69) is 5.32 Å². The molecule has 0 aromatic heterocycles. The molecule has 1 aliphatic carbocycles. The highest BCUT2D eigenvalue weighted by Gasteiger charge is 2.29. The normalized spacial score (nSPS) is 27.1. The molecule has 0 saturated heterocycles. The Labute approximate surface area is 85.8 Å². The average molecular weight is 199 g/mol. The zero-order valence-electron chi connectivity index (χ0n) is 9.12. The fourth-order valence-electron chi connectivity index (χ4n) is 2.30. The van der Waals surface area contributed by atoms with Crippen molar-refractivity contribution in [3.63, 3.8) is 0 Å². The monoisotopic (exact) mass is 199 g/mol. The lowest BCUT2D eigenvalue weighted by atomic mass is 9.84. The van der Waals surface area contributed by atoms with Gasteiger partial charge in [0.05, 0.1) is 0 Å². The highest BCUT2D eigenvalue weighted by atomic mass is 16.2. The molecule has 82 valence electrons. The van der Waals surface area contributed by atoms with Crippen molar-refractivity contribution in [3.8, 4) is 0 Å². The maximum Gasteiger partial charge on any atom is 0.317 e. The third kappa shape index (κ3) is 2.38. The van der Waals surface area contributed by atoms with Crippen molar-refractivity contribution in [3.05, 3.63) is 0 Å². The first-order valence-electron chi connectivity index (χ1n) is 5.35. The molecule has 0 aliphatic heterocycles. The second kappa shape index (κ2) is 5.20. The number of carbonyl (C=O) groups is 1. The first kappa shape index (κ1) is 11.3. The second-order valence-corrected chi connectivity index (χ2v) is 4.01. The predicted molar refractivity (Wildman–Crippen MR) is 57.0 cm³/mol. The molecule has 0 aromatic rings. The molecule has 1 fully saturated rings. The third-order valence-corrected chi connectivity index (χ3v) is 3.20. The quantitative estimate of drug-likeness (QED) is 0.690. The molecule has 0 spiro atoms. The van der Waals surface area contributed by atoms with Crippen molar-refractivity contribution in [2.75, 3.05) is 20.6 Å². The van der Waals surface area contributed by atoms with E-state index >= 15 is 0 Å². The molecule has 0 aromatic carbocycles.